The molecular formula is C25H30N4O2. The summed E-state index contributed by atoms with van der Waals surface area (Å²) in [6.45, 7) is 1.24. The molecule has 2 heterocycles. The maximum atomic E-state index is 13.1. The van der Waals surface area contributed by atoms with Gasteiger partial charge >= 0.3 is 0 Å². The number of aromatic nitrogens is 2. The Balaban J connectivity index is 1.08. The van der Waals surface area contributed by atoms with E-state index in [-0.39, 0.29) is 17.7 Å². The highest BCUT2D eigenvalue weighted by atomic mass is 16.2. The lowest BCUT2D eigenvalue weighted by Gasteiger charge is -2.54. The molecule has 7 rings (SSSR count). The number of fused-ring (bicyclic) bond motifs is 1. The number of piperidine rings is 1. The first-order valence-electron chi connectivity index (χ1n) is 11.9. The topological polar surface area (TPSA) is 75.2 Å². The van der Waals surface area contributed by atoms with Crippen LogP contribution in [-0.4, -0.2) is 45.8 Å². The minimum atomic E-state index is -0.00834. The van der Waals surface area contributed by atoms with Crippen molar-refractivity contribution in [2.45, 2.75) is 51.0 Å². The molecule has 1 aromatic heterocycles. The Morgan fingerprint density at radius 3 is 2.29 bits per heavy atom. The number of benzene rings is 1. The molecule has 0 atom stereocenters. The lowest BCUT2D eigenvalue weighted by molar-refractivity contribution is -0.130. The molecule has 4 saturated carbocycles. The molecule has 0 spiro atoms. The second kappa shape index (κ2) is 7.57. The highest BCUT2D eigenvalue weighted by Crippen LogP contribution is 2.53. The molecule has 31 heavy (non-hydrogen) atoms. The van der Waals surface area contributed by atoms with E-state index < -0.39 is 0 Å². The summed E-state index contributed by atoms with van der Waals surface area (Å²) in [6, 6.07) is 5.95. The summed E-state index contributed by atoms with van der Waals surface area (Å²) in [5.41, 5.74) is 1.98. The fourth-order valence-corrected chi connectivity index (χ4v) is 7.12. The number of carbonyl (C=O) groups is 2. The van der Waals surface area contributed by atoms with E-state index in [4.69, 9.17) is 0 Å². The number of rotatable bonds is 3. The Hall–Kier alpha value is -2.50. The van der Waals surface area contributed by atoms with E-state index in [1.165, 1.54) is 32.1 Å². The minimum absolute atomic E-state index is 0.00834. The number of hydrogen-bond acceptors (Lipinski definition) is 4. The van der Waals surface area contributed by atoms with Crippen LogP contribution in [0.3, 0.4) is 0 Å². The van der Waals surface area contributed by atoms with Gasteiger partial charge in [0.2, 0.25) is 5.91 Å². The van der Waals surface area contributed by atoms with Crippen molar-refractivity contribution in [1.82, 2.24) is 20.2 Å². The average molecular weight is 419 g/mol. The molecule has 5 aliphatic rings. The van der Waals surface area contributed by atoms with Gasteiger partial charge in [-0.1, -0.05) is 6.07 Å². The van der Waals surface area contributed by atoms with Gasteiger partial charge in [0, 0.05) is 37.4 Å². The molecule has 2 amide bonds. The number of amides is 2. The molecule has 4 bridgehead atoms. The second-order valence-electron chi connectivity index (χ2n) is 10.3. The van der Waals surface area contributed by atoms with Crippen molar-refractivity contribution in [3.8, 4) is 0 Å². The maximum Gasteiger partial charge on any atom is 0.256 e. The van der Waals surface area contributed by atoms with E-state index in [2.05, 4.69) is 15.3 Å². The molecule has 0 unspecified atom stereocenters. The van der Waals surface area contributed by atoms with Crippen LogP contribution in [0.4, 0.5) is 0 Å². The third-order valence-corrected chi connectivity index (χ3v) is 8.42. The first-order chi connectivity index (χ1) is 15.2. The number of likely N-dealkylation sites (tertiary alicyclic amines) is 1. The van der Waals surface area contributed by atoms with Crippen LogP contribution < -0.4 is 5.32 Å². The molecule has 6 nitrogen and oxygen atoms in total. The third kappa shape index (κ3) is 3.40. The van der Waals surface area contributed by atoms with Crippen LogP contribution in [-0.2, 0) is 4.79 Å². The fourth-order valence-electron chi connectivity index (χ4n) is 7.12. The number of carbonyl (C=O) groups excluding carboxylic acids is 2. The van der Waals surface area contributed by atoms with Crippen molar-refractivity contribution in [2.24, 2.45) is 29.6 Å². The zero-order chi connectivity index (χ0) is 20.9. The maximum absolute atomic E-state index is 13.1. The van der Waals surface area contributed by atoms with Crippen LogP contribution in [0, 0.1) is 29.6 Å². The van der Waals surface area contributed by atoms with Crippen LogP contribution in [0.1, 0.15) is 55.3 Å². The summed E-state index contributed by atoms with van der Waals surface area (Å²) in [6.07, 6.45) is 11.4. The Morgan fingerprint density at radius 1 is 0.903 bits per heavy atom. The summed E-state index contributed by atoms with van der Waals surface area (Å²) in [5, 5.41) is 3.47. The number of para-hydroxylation sites is 1. The van der Waals surface area contributed by atoms with E-state index in [0.717, 1.165) is 30.2 Å². The molecule has 1 saturated heterocycles. The Bertz CT molecular complexity index is 980. The molecule has 162 valence electrons. The van der Waals surface area contributed by atoms with Gasteiger partial charge in [-0.25, -0.2) is 0 Å². The van der Waals surface area contributed by atoms with Gasteiger partial charge in [0.15, 0.2) is 0 Å². The second-order valence-corrected chi connectivity index (χ2v) is 10.3. The summed E-state index contributed by atoms with van der Waals surface area (Å²) in [7, 11) is 0. The predicted octanol–water partition coefficient (Wildman–Crippen LogP) is 3.42. The highest BCUT2D eigenvalue weighted by molar-refractivity contribution is 6.04. The van der Waals surface area contributed by atoms with Crippen molar-refractivity contribution >= 4 is 22.8 Å². The molecular weight excluding hydrogens is 388 g/mol. The Labute approximate surface area is 182 Å². The zero-order valence-corrected chi connectivity index (χ0v) is 17.9. The molecule has 1 aromatic carbocycles. The number of hydrogen-bond donors (Lipinski definition) is 1. The summed E-state index contributed by atoms with van der Waals surface area (Å²) < 4.78 is 0. The first kappa shape index (κ1) is 19.2. The predicted molar refractivity (Wildman–Crippen MR) is 117 cm³/mol. The molecule has 6 heteroatoms. The SMILES string of the molecule is O=C(NC1C2CC3CC(C2)CC1C3)C1CCN(C(=O)c2cccc3nccnc23)CC1. The standard InChI is InChI=1S/C25H30N4O2/c30-24(28-22-18-11-15-10-16(13-18)14-19(22)12-15)17-4-8-29(9-5-17)25(31)20-2-1-3-21-23(20)27-7-6-26-21/h1-3,6-7,15-19,22H,4-5,8-14H2,(H,28,30). The van der Waals surface area contributed by atoms with Crippen molar-refractivity contribution < 1.29 is 9.59 Å². The molecule has 2 aromatic rings. The van der Waals surface area contributed by atoms with E-state index in [0.29, 0.717) is 42.0 Å². The van der Waals surface area contributed by atoms with Crippen molar-refractivity contribution in [3.63, 3.8) is 0 Å². The van der Waals surface area contributed by atoms with Gasteiger partial charge in [-0.05, 0) is 80.8 Å². The third-order valence-electron chi connectivity index (χ3n) is 8.42. The van der Waals surface area contributed by atoms with Gasteiger partial charge in [0.1, 0.15) is 5.52 Å². The van der Waals surface area contributed by atoms with Crippen molar-refractivity contribution in [1.29, 1.82) is 0 Å². The normalized spacial score (nSPS) is 32.4. The van der Waals surface area contributed by atoms with Crippen LogP contribution in [0.25, 0.3) is 11.0 Å². The molecule has 5 fully saturated rings. The first-order valence-corrected chi connectivity index (χ1v) is 11.9. The Kier molecular flexibility index (Phi) is 4.69. The summed E-state index contributed by atoms with van der Waals surface area (Å²) in [4.78, 5) is 36.8. The van der Waals surface area contributed by atoms with Gasteiger partial charge in [0.05, 0.1) is 11.1 Å². The lowest BCUT2D eigenvalue weighted by Crippen LogP contribution is -2.57. The van der Waals surface area contributed by atoms with Crippen LogP contribution in [0.5, 0.6) is 0 Å². The average Bonchev–Trinajstić information content (AvgIpc) is 2.80. The van der Waals surface area contributed by atoms with Crippen molar-refractivity contribution in [2.75, 3.05) is 13.1 Å². The molecule has 1 N–H and O–H groups in total. The van der Waals surface area contributed by atoms with E-state index in [1.54, 1.807) is 12.4 Å². The number of nitrogens with zero attached hydrogens (tertiary/aromatic N) is 3. The van der Waals surface area contributed by atoms with E-state index >= 15 is 0 Å². The fraction of sp³-hybridized carbons (Fsp3) is 0.600. The number of nitrogens with one attached hydrogen (secondary N) is 1. The van der Waals surface area contributed by atoms with Crippen LogP contribution >= 0.6 is 0 Å². The van der Waals surface area contributed by atoms with Gasteiger partial charge < -0.3 is 10.2 Å². The molecule has 4 aliphatic carbocycles. The smallest absolute Gasteiger partial charge is 0.256 e. The zero-order valence-electron chi connectivity index (χ0n) is 17.9. The monoisotopic (exact) mass is 418 g/mol. The largest absolute Gasteiger partial charge is 0.353 e. The summed E-state index contributed by atoms with van der Waals surface area (Å²) >= 11 is 0. The summed E-state index contributed by atoms with van der Waals surface area (Å²) in [5.74, 6) is 3.48. The molecule has 1 aliphatic heterocycles. The van der Waals surface area contributed by atoms with Gasteiger partial charge in [-0.2, -0.15) is 0 Å². The highest BCUT2D eigenvalue weighted by Gasteiger charge is 2.49. The van der Waals surface area contributed by atoms with Crippen molar-refractivity contribution in [3.05, 3.63) is 36.2 Å². The van der Waals surface area contributed by atoms with E-state index in [9.17, 15) is 9.59 Å². The van der Waals surface area contributed by atoms with Gasteiger partial charge in [-0.15, -0.1) is 0 Å². The Morgan fingerprint density at radius 2 is 1.58 bits per heavy atom. The lowest BCUT2D eigenvalue weighted by atomic mass is 9.54. The van der Waals surface area contributed by atoms with Gasteiger partial charge in [0.25, 0.3) is 5.91 Å². The van der Waals surface area contributed by atoms with Crippen LogP contribution in [0.2, 0.25) is 0 Å². The quantitative estimate of drug-likeness (QED) is 0.829. The van der Waals surface area contributed by atoms with E-state index in [1.807, 2.05) is 23.1 Å². The molecule has 0 radical (unpaired) electrons. The minimum Gasteiger partial charge on any atom is -0.353 e. The van der Waals surface area contributed by atoms with Gasteiger partial charge in [-0.3, -0.25) is 19.6 Å². The van der Waals surface area contributed by atoms with Crippen LogP contribution in [0.15, 0.2) is 30.6 Å².